The molecule has 0 unspecified atom stereocenters. The molecule has 1 fully saturated rings. The van der Waals surface area contributed by atoms with Gasteiger partial charge in [0.25, 0.3) is 10.1 Å². The number of hydrogen-bond acceptors (Lipinski definition) is 5. The van der Waals surface area contributed by atoms with Crippen molar-refractivity contribution >= 4 is 16.2 Å². The highest BCUT2D eigenvalue weighted by atomic mass is 32.2. The van der Waals surface area contributed by atoms with Crippen molar-refractivity contribution in [2.75, 3.05) is 19.7 Å². The van der Waals surface area contributed by atoms with Crippen LogP contribution in [0.3, 0.4) is 0 Å². The summed E-state index contributed by atoms with van der Waals surface area (Å²) in [5, 5.41) is 0. The standard InChI is InChI=1S/C24H30FNO5S/c1-17-5-11-21(12-6-17)32(28,29)30-16-19-15-26(23(27)31-24(2,3)4)14-13-22(19)18-7-9-20(25)10-8-18/h5-12,19,22H,13-16H2,1-4H3/t19-,22-/m1/s1. The Morgan fingerprint density at radius 2 is 1.72 bits per heavy atom. The largest absolute Gasteiger partial charge is 0.444 e. The van der Waals surface area contributed by atoms with Crippen LogP contribution in [-0.4, -0.2) is 44.7 Å². The first-order valence-electron chi connectivity index (χ1n) is 10.6. The Labute approximate surface area is 189 Å². The number of nitrogens with zero attached hydrogens (tertiary/aromatic N) is 1. The minimum atomic E-state index is -3.95. The van der Waals surface area contributed by atoms with Gasteiger partial charge in [-0.25, -0.2) is 9.18 Å². The summed E-state index contributed by atoms with van der Waals surface area (Å²) in [5.74, 6) is -0.723. The van der Waals surface area contributed by atoms with Gasteiger partial charge in [0.05, 0.1) is 11.5 Å². The maximum absolute atomic E-state index is 13.4. The topological polar surface area (TPSA) is 72.9 Å². The molecule has 1 amide bonds. The fraction of sp³-hybridized carbons (Fsp3) is 0.458. The molecular formula is C24H30FNO5S. The fourth-order valence-electron chi connectivity index (χ4n) is 3.79. The lowest BCUT2D eigenvalue weighted by atomic mass is 9.81. The van der Waals surface area contributed by atoms with Gasteiger partial charge < -0.3 is 9.64 Å². The Hall–Kier alpha value is -2.45. The summed E-state index contributed by atoms with van der Waals surface area (Å²) in [6.07, 6.45) is 0.144. The quantitative estimate of drug-likeness (QED) is 0.591. The van der Waals surface area contributed by atoms with E-state index >= 15 is 0 Å². The lowest BCUT2D eigenvalue weighted by Gasteiger charge is -2.39. The zero-order valence-corrected chi connectivity index (χ0v) is 19.7. The Bertz CT molecular complexity index is 1030. The summed E-state index contributed by atoms with van der Waals surface area (Å²) < 4.78 is 49.7. The van der Waals surface area contributed by atoms with Gasteiger partial charge in [-0.1, -0.05) is 29.8 Å². The van der Waals surface area contributed by atoms with E-state index in [0.717, 1.165) is 11.1 Å². The van der Waals surface area contributed by atoms with Gasteiger partial charge in [0.2, 0.25) is 0 Å². The van der Waals surface area contributed by atoms with Crippen LogP contribution < -0.4 is 0 Å². The van der Waals surface area contributed by atoms with Crippen molar-refractivity contribution in [3.63, 3.8) is 0 Å². The molecule has 0 bridgehead atoms. The van der Waals surface area contributed by atoms with Crippen LogP contribution in [-0.2, 0) is 19.0 Å². The first-order valence-corrected chi connectivity index (χ1v) is 12.0. The van der Waals surface area contributed by atoms with Crippen molar-refractivity contribution in [1.82, 2.24) is 4.90 Å². The summed E-state index contributed by atoms with van der Waals surface area (Å²) in [4.78, 5) is 14.3. The van der Waals surface area contributed by atoms with Gasteiger partial charge in [0.15, 0.2) is 0 Å². The zero-order valence-electron chi connectivity index (χ0n) is 18.9. The number of rotatable bonds is 5. The van der Waals surface area contributed by atoms with Crippen molar-refractivity contribution in [3.05, 3.63) is 65.5 Å². The zero-order chi connectivity index (χ0) is 23.5. The van der Waals surface area contributed by atoms with Crippen molar-refractivity contribution in [3.8, 4) is 0 Å². The molecule has 174 valence electrons. The summed E-state index contributed by atoms with van der Waals surface area (Å²) in [7, 11) is -3.95. The molecule has 0 N–H and O–H groups in total. The normalized spacial score (nSPS) is 19.6. The molecule has 6 nitrogen and oxygen atoms in total. The molecule has 1 heterocycles. The highest BCUT2D eigenvalue weighted by Gasteiger charge is 2.35. The van der Waals surface area contributed by atoms with Gasteiger partial charge in [-0.15, -0.1) is 0 Å². The van der Waals surface area contributed by atoms with Crippen molar-refractivity contribution in [2.45, 2.75) is 50.5 Å². The molecule has 1 aliphatic heterocycles. The van der Waals surface area contributed by atoms with Crippen LogP contribution in [0.4, 0.5) is 9.18 Å². The van der Waals surface area contributed by atoms with E-state index in [1.165, 1.54) is 24.3 Å². The number of halogens is 1. The lowest BCUT2D eigenvalue weighted by molar-refractivity contribution is 0.0114. The number of ether oxygens (including phenoxy) is 1. The first kappa shape index (κ1) is 24.2. The van der Waals surface area contributed by atoms with Crippen LogP contribution in [0.15, 0.2) is 53.4 Å². The summed E-state index contributed by atoms with van der Waals surface area (Å²) in [5.41, 5.74) is 1.20. The Balaban J connectivity index is 1.79. The monoisotopic (exact) mass is 463 g/mol. The second-order valence-corrected chi connectivity index (χ2v) is 10.8. The average Bonchev–Trinajstić information content (AvgIpc) is 2.72. The molecule has 0 aromatic heterocycles. The number of carbonyl (C=O) groups excluding carboxylic acids is 1. The van der Waals surface area contributed by atoms with E-state index in [1.807, 2.05) is 6.92 Å². The molecule has 0 saturated carbocycles. The fourth-order valence-corrected chi connectivity index (χ4v) is 4.75. The first-order chi connectivity index (χ1) is 14.9. The number of hydrogen-bond donors (Lipinski definition) is 0. The molecule has 1 aliphatic rings. The highest BCUT2D eigenvalue weighted by Crippen LogP contribution is 2.34. The number of amides is 1. The van der Waals surface area contributed by atoms with E-state index in [1.54, 1.807) is 49.9 Å². The number of carbonyl (C=O) groups is 1. The van der Waals surface area contributed by atoms with Gasteiger partial charge in [-0.3, -0.25) is 4.18 Å². The number of likely N-dealkylation sites (tertiary alicyclic amines) is 1. The number of benzene rings is 2. The van der Waals surface area contributed by atoms with Gasteiger partial charge in [0.1, 0.15) is 11.4 Å². The minimum Gasteiger partial charge on any atom is -0.444 e. The Morgan fingerprint density at radius 1 is 1.09 bits per heavy atom. The van der Waals surface area contributed by atoms with E-state index in [4.69, 9.17) is 8.92 Å². The molecule has 2 aromatic rings. The summed E-state index contributed by atoms with van der Waals surface area (Å²) in [6.45, 7) is 7.90. The molecule has 0 aliphatic carbocycles. The van der Waals surface area contributed by atoms with Crippen molar-refractivity contribution < 1.29 is 26.5 Å². The maximum Gasteiger partial charge on any atom is 0.410 e. The molecule has 32 heavy (non-hydrogen) atoms. The van der Waals surface area contributed by atoms with Crippen LogP contribution in [0.1, 0.15) is 44.2 Å². The van der Waals surface area contributed by atoms with E-state index in [2.05, 4.69) is 0 Å². The number of aryl methyl sites for hydroxylation is 1. The molecule has 3 rings (SSSR count). The SMILES string of the molecule is Cc1ccc(S(=O)(=O)OC[C@H]2CN(C(=O)OC(C)(C)C)CC[C@@H]2c2ccc(F)cc2)cc1. The molecule has 8 heteroatoms. The molecule has 2 atom stereocenters. The van der Waals surface area contributed by atoms with E-state index in [0.29, 0.717) is 13.0 Å². The third kappa shape index (κ3) is 6.29. The minimum absolute atomic E-state index is 0.0810. The van der Waals surface area contributed by atoms with Crippen LogP contribution in [0.25, 0.3) is 0 Å². The Morgan fingerprint density at radius 3 is 2.31 bits per heavy atom. The van der Waals surface area contributed by atoms with Gasteiger partial charge >= 0.3 is 6.09 Å². The Kier molecular flexibility index (Phi) is 7.25. The highest BCUT2D eigenvalue weighted by molar-refractivity contribution is 7.86. The van der Waals surface area contributed by atoms with Crippen LogP contribution in [0.5, 0.6) is 0 Å². The van der Waals surface area contributed by atoms with Crippen LogP contribution in [0.2, 0.25) is 0 Å². The third-order valence-corrected chi connectivity index (χ3v) is 6.73. The van der Waals surface area contributed by atoms with Gasteiger partial charge in [-0.2, -0.15) is 8.42 Å². The number of piperidine rings is 1. The summed E-state index contributed by atoms with van der Waals surface area (Å²) >= 11 is 0. The second-order valence-electron chi connectivity index (χ2n) is 9.18. The van der Waals surface area contributed by atoms with E-state index < -0.39 is 21.8 Å². The molecular weight excluding hydrogens is 433 g/mol. The molecule has 2 aromatic carbocycles. The second kappa shape index (κ2) is 9.58. The van der Waals surface area contributed by atoms with E-state index in [9.17, 15) is 17.6 Å². The van der Waals surface area contributed by atoms with Crippen molar-refractivity contribution in [1.29, 1.82) is 0 Å². The molecule has 0 radical (unpaired) electrons. The predicted octanol–water partition coefficient (Wildman–Crippen LogP) is 4.88. The van der Waals surface area contributed by atoms with E-state index in [-0.39, 0.29) is 35.7 Å². The molecule has 1 saturated heterocycles. The average molecular weight is 464 g/mol. The molecule has 0 spiro atoms. The van der Waals surface area contributed by atoms with Gasteiger partial charge in [-0.05, 0) is 69.9 Å². The van der Waals surface area contributed by atoms with Crippen LogP contribution in [0, 0.1) is 18.7 Å². The maximum atomic E-state index is 13.4. The van der Waals surface area contributed by atoms with Crippen molar-refractivity contribution in [2.24, 2.45) is 5.92 Å². The predicted molar refractivity (Wildman–Crippen MR) is 119 cm³/mol. The third-order valence-electron chi connectivity index (χ3n) is 5.43. The van der Waals surface area contributed by atoms with Gasteiger partial charge in [0, 0.05) is 19.0 Å². The smallest absolute Gasteiger partial charge is 0.410 e. The lowest BCUT2D eigenvalue weighted by Crippen LogP contribution is -2.46. The summed E-state index contributed by atoms with van der Waals surface area (Å²) in [6, 6.07) is 12.6. The van der Waals surface area contributed by atoms with Crippen LogP contribution >= 0.6 is 0 Å².